The number of amides is 1. The fourth-order valence-electron chi connectivity index (χ4n) is 3.31. The van der Waals surface area contributed by atoms with Gasteiger partial charge in [0.1, 0.15) is 11.5 Å². The molecule has 1 N–H and O–H groups in total. The zero-order valence-corrected chi connectivity index (χ0v) is 18.2. The lowest BCUT2D eigenvalue weighted by molar-refractivity contribution is 0.156. The van der Waals surface area contributed by atoms with E-state index >= 15 is 0 Å². The first kappa shape index (κ1) is 20.8. The molecular weight excluding hydrogens is 396 g/mol. The van der Waals surface area contributed by atoms with Crippen LogP contribution in [0.4, 0.5) is 10.5 Å². The highest BCUT2D eigenvalue weighted by Gasteiger charge is 2.23. The molecule has 31 heavy (non-hydrogen) atoms. The predicted octanol–water partition coefficient (Wildman–Crippen LogP) is 5.87. The van der Waals surface area contributed by atoms with Gasteiger partial charge in [-0.15, -0.1) is 0 Å². The van der Waals surface area contributed by atoms with Crippen molar-refractivity contribution < 1.29 is 25.2 Å². The number of hydrogen-bond acceptors (Lipinski definition) is 6. The van der Waals surface area contributed by atoms with Crippen molar-refractivity contribution in [2.45, 2.75) is 26.7 Å². The number of aryl methyl sites for hydroxylation is 2. The Labute approximate surface area is 182 Å². The van der Waals surface area contributed by atoms with Crippen LogP contribution in [0.15, 0.2) is 36.5 Å². The average Bonchev–Trinajstić information content (AvgIpc) is 3.59. The lowest BCUT2D eigenvalue weighted by Crippen LogP contribution is -2.16. The third-order valence-corrected chi connectivity index (χ3v) is 5.33. The third-order valence-electron chi connectivity index (χ3n) is 5.33. The van der Waals surface area contributed by atoms with E-state index in [1.54, 1.807) is 20.4 Å². The molecule has 0 saturated heterocycles. The number of fused-ring (bicyclic) bond motifs is 1. The number of rotatable bonds is 7. The van der Waals surface area contributed by atoms with Gasteiger partial charge in [0.05, 0.1) is 26.3 Å². The highest BCUT2D eigenvalue weighted by molar-refractivity contribution is 5.89. The second-order valence-corrected chi connectivity index (χ2v) is 7.73. The van der Waals surface area contributed by atoms with Crippen LogP contribution in [0.5, 0.6) is 23.0 Å². The van der Waals surface area contributed by atoms with Crippen LogP contribution in [0.1, 0.15) is 25.4 Å². The Kier molecular flexibility index (Phi) is 5.84. The number of methoxy groups -OCH3 is 2. The van der Waals surface area contributed by atoms with Crippen LogP contribution in [0.2, 0.25) is 0 Å². The largest absolute Gasteiger partial charge is 0.493 e. The second-order valence-electron chi connectivity index (χ2n) is 7.73. The predicted molar refractivity (Wildman–Crippen MR) is 121 cm³/mol. The van der Waals surface area contributed by atoms with E-state index in [9.17, 15) is 4.79 Å². The molecule has 1 fully saturated rings. The third kappa shape index (κ3) is 4.66. The number of carbonyl (C=O) groups excluding carboxylic acids is 1. The van der Waals surface area contributed by atoms with E-state index in [4.69, 9.17) is 18.9 Å². The van der Waals surface area contributed by atoms with Gasteiger partial charge < -0.3 is 18.9 Å². The second kappa shape index (κ2) is 8.71. The van der Waals surface area contributed by atoms with Crippen molar-refractivity contribution in [3.8, 4) is 23.0 Å². The van der Waals surface area contributed by atoms with Crippen LogP contribution >= 0.6 is 0 Å². The van der Waals surface area contributed by atoms with Crippen LogP contribution in [-0.2, 0) is 4.74 Å². The Hall–Kier alpha value is -3.48. The number of hydrogen-bond donors (Lipinski definition) is 1. The minimum absolute atomic E-state index is 0. The number of aromatic nitrogens is 1. The molecule has 164 valence electrons. The average molecular weight is 424 g/mol. The maximum atomic E-state index is 12.0. The number of ether oxygens (including phenoxy) is 4. The van der Waals surface area contributed by atoms with E-state index < -0.39 is 6.09 Å². The molecular formula is C24H28N2O5. The maximum absolute atomic E-state index is 12.0. The molecule has 7 nitrogen and oxygen atoms in total. The number of nitrogens with one attached hydrogen (secondary N) is 1. The maximum Gasteiger partial charge on any atom is 0.411 e. The molecule has 1 aliphatic carbocycles. The molecule has 1 aromatic heterocycles. The SMILES string of the molecule is COc1cc2nccc(Oc3cc(C)c(NC(=O)OCC4CC4)cc3C)c2cc1OC.[HH]. The number of benzene rings is 2. The smallest absolute Gasteiger partial charge is 0.411 e. The van der Waals surface area contributed by atoms with Gasteiger partial charge in [-0.2, -0.15) is 0 Å². The monoisotopic (exact) mass is 424 g/mol. The summed E-state index contributed by atoms with van der Waals surface area (Å²) in [5.74, 6) is 3.08. The minimum Gasteiger partial charge on any atom is -0.493 e. The van der Waals surface area contributed by atoms with Crippen LogP contribution < -0.4 is 19.5 Å². The van der Waals surface area contributed by atoms with Crippen molar-refractivity contribution in [3.05, 3.63) is 47.7 Å². The molecule has 4 rings (SSSR count). The van der Waals surface area contributed by atoms with E-state index in [1.807, 2.05) is 44.2 Å². The van der Waals surface area contributed by atoms with Crippen LogP contribution in [0, 0.1) is 19.8 Å². The zero-order chi connectivity index (χ0) is 22.0. The summed E-state index contributed by atoms with van der Waals surface area (Å²) in [5, 5.41) is 3.63. The summed E-state index contributed by atoms with van der Waals surface area (Å²) in [6.45, 7) is 4.33. The van der Waals surface area contributed by atoms with Gasteiger partial charge in [-0.3, -0.25) is 10.3 Å². The highest BCUT2D eigenvalue weighted by atomic mass is 16.5. The van der Waals surface area contributed by atoms with Crippen LogP contribution in [0.3, 0.4) is 0 Å². The Morgan fingerprint density at radius 1 is 1.03 bits per heavy atom. The number of pyridine rings is 1. The molecule has 1 amide bonds. The standard InChI is InChI=1S/C24H26N2O5.H2/c1-14-10-21(15(2)9-18(14)26-24(27)30-13-16-5-6-16)31-20-7-8-25-19-12-23(29-4)22(28-3)11-17(19)20;/h7-12,16H,5-6,13H2,1-4H3,(H,26,27);1H. The van der Waals surface area contributed by atoms with Gasteiger partial charge in [0, 0.05) is 24.8 Å². The summed E-state index contributed by atoms with van der Waals surface area (Å²) >= 11 is 0. The first-order chi connectivity index (χ1) is 15.0. The quantitative estimate of drug-likeness (QED) is 0.511. The van der Waals surface area contributed by atoms with E-state index in [-0.39, 0.29) is 1.43 Å². The van der Waals surface area contributed by atoms with E-state index in [0.717, 1.165) is 34.9 Å². The Balaban J connectivity index is 0.00000289. The fraction of sp³-hybridized carbons (Fsp3) is 0.333. The molecule has 2 aromatic carbocycles. The lowest BCUT2D eigenvalue weighted by Gasteiger charge is -2.16. The van der Waals surface area contributed by atoms with E-state index in [0.29, 0.717) is 41.2 Å². The summed E-state index contributed by atoms with van der Waals surface area (Å²) in [7, 11) is 3.18. The van der Waals surface area contributed by atoms with Gasteiger partial charge in [-0.05, 0) is 68.0 Å². The fourth-order valence-corrected chi connectivity index (χ4v) is 3.31. The van der Waals surface area contributed by atoms with E-state index in [1.165, 1.54) is 0 Å². The molecule has 0 aliphatic heterocycles. The number of nitrogens with zero attached hydrogens (tertiary/aromatic N) is 1. The summed E-state index contributed by atoms with van der Waals surface area (Å²) in [4.78, 5) is 16.5. The van der Waals surface area contributed by atoms with Gasteiger partial charge in [0.15, 0.2) is 11.5 Å². The topological polar surface area (TPSA) is 78.9 Å². The molecule has 1 aliphatic rings. The van der Waals surface area contributed by atoms with Gasteiger partial charge in [0.2, 0.25) is 0 Å². The van der Waals surface area contributed by atoms with Crippen LogP contribution in [0.25, 0.3) is 10.9 Å². The molecule has 1 heterocycles. The van der Waals surface area contributed by atoms with Crippen molar-refractivity contribution in [3.63, 3.8) is 0 Å². The van der Waals surface area contributed by atoms with Gasteiger partial charge in [-0.1, -0.05) is 0 Å². The van der Waals surface area contributed by atoms with Gasteiger partial charge >= 0.3 is 6.09 Å². The van der Waals surface area contributed by atoms with Crippen molar-refractivity contribution in [1.29, 1.82) is 0 Å². The van der Waals surface area contributed by atoms with Crippen molar-refractivity contribution >= 4 is 22.7 Å². The Bertz CT molecular complexity index is 1130. The zero-order valence-electron chi connectivity index (χ0n) is 18.2. The minimum atomic E-state index is -0.427. The normalized spacial score (nSPS) is 13.0. The number of carbonyl (C=O) groups is 1. The van der Waals surface area contributed by atoms with Crippen molar-refractivity contribution in [2.75, 3.05) is 26.1 Å². The summed E-state index contributed by atoms with van der Waals surface area (Å²) in [5.41, 5.74) is 3.20. The highest BCUT2D eigenvalue weighted by Crippen LogP contribution is 2.38. The lowest BCUT2D eigenvalue weighted by atomic mass is 10.1. The molecule has 0 bridgehead atoms. The van der Waals surface area contributed by atoms with E-state index in [2.05, 4.69) is 10.3 Å². The molecule has 0 atom stereocenters. The Morgan fingerprint density at radius 2 is 1.77 bits per heavy atom. The van der Waals surface area contributed by atoms with Crippen molar-refractivity contribution in [2.24, 2.45) is 5.92 Å². The molecule has 1 saturated carbocycles. The molecule has 7 heteroatoms. The van der Waals surface area contributed by atoms with Gasteiger partial charge in [-0.25, -0.2) is 4.79 Å². The summed E-state index contributed by atoms with van der Waals surface area (Å²) in [6.07, 6.45) is 3.54. The summed E-state index contributed by atoms with van der Waals surface area (Å²) < 4.78 is 22.3. The molecule has 0 unspecified atom stereocenters. The number of anilines is 1. The molecule has 0 radical (unpaired) electrons. The van der Waals surface area contributed by atoms with Crippen molar-refractivity contribution in [1.82, 2.24) is 4.98 Å². The Morgan fingerprint density at radius 3 is 2.48 bits per heavy atom. The summed E-state index contributed by atoms with van der Waals surface area (Å²) in [6, 6.07) is 9.27. The first-order valence-corrected chi connectivity index (χ1v) is 10.2. The van der Waals surface area contributed by atoms with Crippen LogP contribution in [-0.4, -0.2) is 31.9 Å². The first-order valence-electron chi connectivity index (χ1n) is 10.2. The van der Waals surface area contributed by atoms with Gasteiger partial charge in [0.25, 0.3) is 0 Å². The molecule has 0 spiro atoms. The molecule has 3 aromatic rings.